The monoisotopic (exact) mass is 531 g/mol. The zero-order valence-corrected chi connectivity index (χ0v) is 23.9. The maximum atomic E-state index is 14.2. The number of hydrogen-bond acceptors (Lipinski definition) is 7. The van der Waals surface area contributed by atoms with Gasteiger partial charge in [0.1, 0.15) is 12.8 Å². The molecule has 0 aromatic carbocycles. The molecular weight excluding hydrogens is 482 g/mol. The lowest BCUT2D eigenvalue weighted by atomic mass is 9.74. The molecule has 3 rings (SSSR count). The van der Waals surface area contributed by atoms with Gasteiger partial charge in [0, 0.05) is 47.0 Å². The van der Waals surface area contributed by atoms with E-state index in [0.29, 0.717) is 39.3 Å². The first-order valence-corrected chi connectivity index (χ1v) is 14.1. The highest BCUT2D eigenvalue weighted by Gasteiger charge is 2.42. The second-order valence-electron chi connectivity index (χ2n) is 10.9. The number of aliphatic hydroxyl groups is 1. The number of nitrogens with one attached hydrogen (secondary N) is 1. The third-order valence-electron chi connectivity index (χ3n) is 7.79. The van der Waals surface area contributed by atoms with Crippen LogP contribution in [0.2, 0.25) is 0 Å². The maximum absolute atomic E-state index is 14.2. The highest BCUT2D eigenvalue weighted by Crippen LogP contribution is 2.37. The number of methoxy groups -OCH3 is 2. The van der Waals surface area contributed by atoms with Crippen molar-refractivity contribution in [3.63, 3.8) is 0 Å². The molecule has 1 saturated heterocycles. The van der Waals surface area contributed by atoms with Gasteiger partial charge >= 0.3 is 0 Å². The first-order chi connectivity index (χ1) is 18.3. The van der Waals surface area contributed by atoms with Gasteiger partial charge in [0.15, 0.2) is 0 Å². The van der Waals surface area contributed by atoms with E-state index < -0.39 is 6.23 Å². The van der Waals surface area contributed by atoms with Crippen LogP contribution in [-0.2, 0) is 19.0 Å². The van der Waals surface area contributed by atoms with Crippen LogP contribution in [0.15, 0.2) is 47.9 Å². The number of amides is 1. The molecule has 3 aliphatic rings. The van der Waals surface area contributed by atoms with Crippen molar-refractivity contribution < 1.29 is 24.1 Å². The second-order valence-corrected chi connectivity index (χ2v) is 10.9. The van der Waals surface area contributed by atoms with E-state index in [1.165, 1.54) is 0 Å². The molecule has 1 saturated carbocycles. The van der Waals surface area contributed by atoms with E-state index in [2.05, 4.69) is 28.9 Å². The Morgan fingerprint density at radius 3 is 2.63 bits per heavy atom. The number of aliphatic hydroxyl groups excluding tert-OH is 1. The molecule has 2 N–H and O–H groups in total. The Bertz CT molecular complexity index is 866. The van der Waals surface area contributed by atoms with Crippen LogP contribution in [0.3, 0.4) is 0 Å². The Labute approximate surface area is 229 Å². The maximum Gasteiger partial charge on any atom is 0.227 e. The van der Waals surface area contributed by atoms with Crippen molar-refractivity contribution in [2.75, 3.05) is 60.7 Å². The number of hydrogen-bond donors (Lipinski definition) is 2. The van der Waals surface area contributed by atoms with Gasteiger partial charge in [-0.3, -0.25) is 4.79 Å². The Hall–Kier alpha value is -2.13. The third kappa shape index (κ3) is 9.26. The van der Waals surface area contributed by atoms with Crippen LogP contribution >= 0.6 is 0 Å². The molecule has 1 aliphatic carbocycles. The van der Waals surface area contributed by atoms with Crippen LogP contribution in [0, 0.1) is 17.8 Å². The van der Waals surface area contributed by atoms with Gasteiger partial charge in [-0.2, -0.15) is 0 Å². The average molecular weight is 532 g/mol. The molecule has 0 aromatic heterocycles. The van der Waals surface area contributed by atoms with Crippen LogP contribution in [-0.4, -0.2) is 93.8 Å². The van der Waals surface area contributed by atoms with E-state index in [1.54, 1.807) is 14.2 Å². The summed E-state index contributed by atoms with van der Waals surface area (Å²) < 4.78 is 16.2. The van der Waals surface area contributed by atoms with E-state index in [-0.39, 0.29) is 29.7 Å². The number of carbonyl (C=O) groups excluding carboxylic acids is 1. The molecule has 0 spiro atoms. The molecule has 4 atom stereocenters. The van der Waals surface area contributed by atoms with Crippen molar-refractivity contribution in [1.29, 1.82) is 0 Å². The fourth-order valence-electron chi connectivity index (χ4n) is 5.50. The van der Waals surface area contributed by atoms with Gasteiger partial charge in [-0.15, -0.1) is 0 Å². The molecule has 0 bridgehead atoms. The Morgan fingerprint density at radius 1 is 1.18 bits per heavy atom. The SMILES string of the molecule is C=C(/C=C(\C=C(/C)OCCOC)CN(C(=O)[C@H]1CNCC[C@@H]1[C@H]1C=CN(C)[C@@H](O)C1)C1CC1)CCCOC. The Kier molecular flexibility index (Phi) is 12.4. The summed E-state index contributed by atoms with van der Waals surface area (Å²) in [5, 5.41) is 13.9. The van der Waals surface area contributed by atoms with Crippen molar-refractivity contribution in [3.8, 4) is 0 Å². The quantitative estimate of drug-likeness (QED) is 0.190. The standard InChI is InChI=1S/C30H49N3O5/c1-22(7-6-14-36-4)17-24(18-23(2)38-16-15-37-5)21-33(26-8-9-26)30(35)28-20-31-12-10-27(28)25-11-13-32(3)29(34)19-25/h11,13,17-18,25-29,31,34H,1,6-10,12,14-16,19-21H2,2-5H3/b23-18+,24-17+/t25-,27+,28-,29-/m0/s1. The summed E-state index contributed by atoms with van der Waals surface area (Å²) >= 11 is 0. The van der Waals surface area contributed by atoms with E-state index in [4.69, 9.17) is 14.2 Å². The molecule has 2 aliphatic heterocycles. The fourth-order valence-corrected chi connectivity index (χ4v) is 5.50. The van der Waals surface area contributed by atoms with Gasteiger partial charge in [-0.1, -0.05) is 24.3 Å². The van der Waals surface area contributed by atoms with Crippen LogP contribution in [0.1, 0.15) is 45.4 Å². The Balaban J connectivity index is 1.79. The molecule has 0 unspecified atom stereocenters. The highest BCUT2D eigenvalue weighted by molar-refractivity contribution is 5.80. The lowest BCUT2D eigenvalue weighted by molar-refractivity contribution is -0.139. The molecule has 214 valence electrons. The van der Waals surface area contributed by atoms with Crippen LogP contribution in [0.4, 0.5) is 0 Å². The lowest BCUT2D eigenvalue weighted by Crippen LogP contribution is -2.51. The van der Waals surface area contributed by atoms with E-state index >= 15 is 0 Å². The average Bonchev–Trinajstić information content (AvgIpc) is 3.74. The smallest absolute Gasteiger partial charge is 0.227 e. The summed E-state index contributed by atoms with van der Waals surface area (Å²) in [6, 6.07) is 0.275. The van der Waals surface area contributed by atoms with Crippen molar-refractivity contribution in [3.05, 3.63) is 47.9 Å². The Morgan fingerprint density at radius 2 is 1.95 bits per heavy atom. The second kappa shape index (κ2) is 15.5. The highest BCUT2D eigenvalue weighted by atomic mass is 16.5. The van der Waals surface area contributed by atoms with Crippen molar-refractivity contribution in [1.82, 2.24) is 15.1 Å². The lowest BCUT2D eigenvalue weighted by Gasteiger charge is -2.41. The number of carbonyl (C=O) groups is 1. The van der Waals surface area contributed by atoms with E-state index in [1.807, 2.05) is 31.1 Å². The van der Waals surface area contributed by atoms with Crippen LogP contribution in [0.25, 0.3) is 0 Å². The summed E-state index contributed by atoms with van der Waals surface area (Å²) in [5.74, 6) is 1.32. The van der Waals surface area contributed by atoms with Crippen molar-refractivity contribution >= 4 is 5.91 Å². The van der Waals surface area contributed by atoms with Gasteiger partial charge in [-0.05, 0) is 81.7 Å². The first-order valence-electron chi connectivity index (χ1n) is 14.1. The third-order valence-corrected chi connectivity index (χ3v) is 7.79. The summed E-state index contributed by atoms with van der Waals surface area (Å²) in [7, 11) is 5.26. The minimum absolute atomic E-state index is 0.108. The summed E-state index contributed by atoms with van der Waals surface area (Å²) in [5.41, 5.74) is 2.04. The zero-order valence-electron chi connectivity index (χ0n) is 23.9. The van der Waals surface area contributed by atoms with Gasteiger partial charge in [-0.25, -0.2) is 0 Å². The predicted octanol–water partition coefficient (Wildman–Crippen LogP) is 3.46. The van der Waals surface area contributed by atoms with Gasteiger partial charge < -0.3 is 34.4 Å². The van der Waals surface area contributed by atoms with Crippen LogP contribution < -0.4 is 5.32 Å². The molecule has 0 radical (unpaired) electrons. The van der Waals surface area contributed by atoms with Gasteiger partial charge in [0.25, 0.3) is 0 Å². The first kappa shape index (κ1) is 30.4. The fraction of sp³-hybridized carbons (Fsp3) is 0.700. The number of allylic oxidation sites excluding steroid dienone is 4. The number of nitrogens with zero attached hydrogens (tertiary/aromatic N) is 2. The normalized spacial score (nSPS) is 26.4. The minimum Gasteiger partial charge on any atom is -0.496 e. The number of rotatable bonds is 15. The zero-order chi connectivity index (χ0) is 27.5. The number of ether oxygens (including phenoxy) is 3. The summed E-state index contributed by atoms with van der Waals surface area (Å²) in [6.07, 6.45) is 13.2. The van der Waals surface area contributed by atoms with Gasteiger partial charge in [0.05, 0.1) is 18.3 Å². The molecular formula is C30H49N3O5. The van der Waals surface area contributed by atoms with E-state index in [0.717, 1.165) is 55.6 Å². The summed E-state index contributed by atoms with van der Waals surface area (Å²) in [4.78, 5) is 18.1. The predicted molar refractivity (Wildman–Crippen MR) is 150 cm³/mol. The van der Waals surface area contributed by atoms with E-state index in [9.17, 15) is 9.90 Å². The number of piperidine rings is 1. The van der Waals surface area contributed by atoms with Gasteiger partial charge in [0.2, 0.25) is 5.91 Å². The largest absolute Gasteiger partial charge is 0.496 e. The molecule has 2 heterocycles. The molecule has 38 heavy (non-hydrogen) atoms. The van der Waals surface area contributed by atoms with Crippen molar-refractivity contribution in [2.24, 2.45) is 17.8 Å². The molecule has 8 heteroatoms. The molecule has 1 amide bonds. The molecule has 8 nitrogen and oxygen atoms in total. The minimum atomic E-state index is -0.500. The van der Waals surface area contributed by atoms with Crippen molar-refractivity contribution in [2.45, 2.75) is 57.7 Å². The van der Waals surface area contributed by atoms with Crippen LogP contribution in [0.5, 0.6) is 0 Å². The topological polar surface area (TPSA) is 83.5 Å². The molecule has 0 aromatic rings. The molecule has 2 fully saturated rings. The summed E-state index contributed by atoms with van der Waals surface area (Å²) in [6.45, 7) is 10.0.